The van der Waals surface area contributed by atoms with Crippen molar-refractivity contribution in [3.05, 3.63) is 52.2 Å². The molecule has 0 aliphatic carbocycles. The molecule has 0 spiro atoms. The second-order valence-corrected chi connectivity index (χ2v) is 7.28. The lowest BCUT2D eigenvalue weighted by atomic mass is 10.1. The van der Waals surface area contributed by atoms with Gasteiger partial charge in [-0.15, -0.1) is 11.3 Å². The van der Waals surface area contributed by atoms with Gasteiger partial charge in [0.15, 0.2) is 0 Å². The second-order valence-electron chi connectivity index (χ2n) is 5.34. The number of benzene rings is 1. The molecule has 1 atom stereocenters. The van der Waals surface area contributed by atoms with Crippen molar-refractivity contribution in [2.45, 2.75) is 12.5 Å². The van der Waals surface area contributed by atoms with Crippen molar-refractivity contribution in [3.63, 3.8) is 0 Å². The topological polar surface area (TPSA) is 84.5 Å². The van der Waals surface area contributed by atoms with Crippen molar-refractivity contribution in [1.82, 2.24) is 5.32 Å². The van der Waals surface area contributed by atoms with E-state index in [-0.39, 0.29) is 5.91 Å². The van der Waals surface area contributed by atoms with E-state index in [0.717, 1.165) is 5.75 Å². The number of ether oxygens (including phenoxy) is 1. The molecule has 0 saturated heterocycles. The maximum atomic E-state index is 12.5. The fraction of sp³-hybridized carbons (Fsp3) is 0.278. The van der Waals surface area contributed by atoms with Crippen LogP contribution in [-0.2, 0) is 9.53 Å². The van der Waals surface area contributed by atoms with Gasteiger partial charge in [0, 0.05) is 11.3 Å². The quantitative estimate of drug-likeness (QED) is 0.675. The molecule has 2 aromatic rings. The Hall–Kier alpha value is -2.32. The first kappa shape index (κ1) is 20.0. The Kier molecular flexibility index (Phi) is 7.68. The summed E-state index contributed by atoms with van der Waals surface area (Å²) in [6.45, 7) is 0. The third-order valence-electron chi connectivity index (χ3n) is 3.53. The minimum Gasteiger partial charge on any atom is -0.467 e. The number of anilines is 1. The Bertz CT molecular complexity index is 762. The normalized spacial score (nSPS) is 11.5. The lowest BCUT2D eigenvalue weighted by Crippen LogP contribution is -2.41. The fourth-order valence-corrected chi connectivity index (χ4v) is 3.30. The van der Waals surface area contributed by atoms with Crippen LogP contribution < -0.4 is 10.6 Å². The summed E-state index contributed by atoms with van der Waals surface area (Å²) in [7, 11) is 1.29. The van der Waals surface area contributed by atoms with Crippen LogP contribution in [0.3, 0.4) is 0 Å². The van der Waals surface area contributed by atoms with Crippen LogP contribution in [-0.4, -0.2) is 42.9 Å². The van der Waals surface area contributed by atoms with E-state index in [1.807, 2.05) is 11.6 Å². The van der Waals surface area contributed by atoms with E-state index in [2.05, 4.69) is 10.6 Å². The Morgan fingerprint density at radius 2 is 2.00 bits per heavy atom. The second kappa shape index (κ2) is 9.98. The van der Waals surface area contributed by atoms with E-state index in [9.17, 15) is 14.4 Å². The number of carbonyl (C=O) groups is 3. The first-order valence-electron chi connectivity index (χ1n) is 7.87. The van der Waals surface area contributed by atoms with E-state index in [0.29, 0.717) is 22.5 Å². The maximum absolute atomic E-state index is 12.5. The third-order valence-corrected chi connectivity index (χ3v) is 5.04. The zero-order valence-corrected chi connectivity index (χ0v) is 16.1. The van der Waals surface area contributed by atoms with E-state index in [1.54, 1.807) is 48.2 Å². The Morgan fingerprint density at radius 3 is 2.65 bits per heavy atom. The Labute approximate surface area is 160 Å². The lowest BCUT2D eigenvalue weighted by Gasteiger charge is -2.16. The van der Waals surface area contributed by atoms with Crippen LogP contribution in [0, 0.1) is 0 Å². The lowest BCUT2D eigenvalue weighted by molar-refractivity contribution is -0.142. The van der Waals surface area contributed by atoms with Crippen LogP contribution >= 0.6 is 23.1 Å². The molecule has 2 rings (SSSR count). The smallest absolute Gasteiger partial charge is 0.328 e. The van der Waals surface area contributed by atoms with Crippen molar-refractivity contribution in [2.24, 2.45) is 0 Å². The number of methoxy groups -OCH3 is 1. The molecule has 1 aromatic heterocycles. The van der Waals surface area contributed by atoms with Gasteiger partial charge < -0.3 is 15.4 Å². The molecular formula is C18H20N2O4S2. The number of thioether (sulfide) groups is 1. The highest BCUT2D eigenvalue weighted by atomic mass is 32.2. The van der Waals surface area contributed by atoms with Crippen LogP contribution in [0.25, 0.3) is 0 Å². The average Bonchev–Trinajstić information content (AvgIpc) is 3.19. The van der Waals surface area contributed by atoms with E-state index < -0.39 is 17.9 Å². The van der Waals surface area contributed by atoms with E-state index >= 15 is 0 Å². The highest BCUT2D eigenvalue weighted by Gasteiger charge is 2.22. The molecule has 1 aromatic carbocycles. The number of thiophene rings is 1. The van der Waals surface area contributed by atoms with Gasteiger partial charge in [0.1, 0.15) is 6.04 Å². The first-order valence-corrected chi connectivity index (χ1v) is 10.1. The standard InChI is InChI=1S/C18H20N2O4S2/c1-24-18(23)14(8-10-25-2)20-16(21)12-5-3-6-13(11-12)19-17(22)15-7-4-9-26-15/h3-7,9,11,14H,8,10H2,1-2H3,(H,19,22)(H,20,21)/t14-/m1/s1. The van der Waals surface area contributed by atoms with Crippen molar-refractivity contribution < 1.29 is 19.1 Å². The molecule has 138 valence electrons. The van der Waals surface area contributed by atoms with Gasteiger partial charge in [0.2, 0.25) is 0 Å². The summed E-state index contributed by atoms with van der Waals surface area (Å²) in [5.41, 5.74) is 0.863. The zero-order chi connectivity index (χ0) is 18.9. The monoisotopic (exact) mass is 392 g/mol. The van der Waals surface area contributed by atoms with Gasteiger partial charge >= 0.3 is 5.97 Å². The largest absolute Gasteiger partial charge is 0.467 e. The minimum absolute atomic E-state index is 0.232. The van der Waals surface area contributed by atoms with Gasteiger partial charge in [-0.3, -0.25) is 9.59 Å². The number of amides is 2. The van der Waals surface area contributed by atoms with Crippen molar-refractivity contribution in [3.8, 4) is 0 Å². The number of hydrogen-bond donors (Lipinski definition) is 2. The number of rotatable bonds is 8. The van der Waals surface area contributed by atoms with Gasteiger partial charge in [0.25, 0.3) is 11.8 Å². The summed E-state index contributed by atoms with van der Waals surface area (Å²) in [6, 6.07) is 9.39. The van der Waals surface area contributed by atoms with Gasteiger partial charge in [-0.2, -0.15) is 11.8 Å². The first-order chi connectivity index (χ1) is 12.5. The Balaban J connectivity index is 2.06. The molecule has 0 unspecified atom stereocenters. The molecular weight excluding hydrogens is 372 g/mol. The molecule has 2 N–H and O–H groups in total. The summed E-state index contributed by atoms with van der Waals surface area (Å²) in [6.07, 6.45) is 2.41. The van der Waals surface area contributed by atoms with Gasteiger partial charge in [-0.1, -0.05) is 12.1 Å². The molecule has 2 amide bonds. The predicted molar refractivity (Wildman–Crippen MR) is 105 cm³/mol. The Morgan fingerprint density at radius 1 is 1.19 bits per heavy atom. The molecule has 0 saturated carbocycles. The van der Waals surface area contributed by atoms with Crippen molar-refractivity contribution in [2.75, 3.05) is 24.4 Å². The van der Waals surface area contributed by atoms with E-state index in [4.69, 9.17) is 4.74 Å². The third kappa shape index (κ3) is 5.60. The number of carbonyl (C=O) groups excluding carboxylic acids is 3. The van der Waals surface area contributed by atoms with Crippen LogP contribution in [0.15, 0.2) is 41.8 Å². The predicted octanol–water partition coefficient (Wildman–Crippen LogP) is 3.02. The van der Waals surface area contributed by atoms with Gasteiger partial charge in [-0.05, 0) is 48.1 Å². The molecule has 0 aliphatic rings. The molecule has 0 aliphatic heterocycles. The maximum Gasteiger partial charge on any atom is 0.328 e. The number of nitrogens with one attached hydrogen (secondary N) is 2. The minimum atomic E-state index is -0.704. The molecule has 8 heteroatoms. The molecule has 0 bridgehead atoms. The number of hydrogen-bond acceptors (Lipinski definition) is 6. The summed E-state index contributed by atoms with van der Waals surface area (Å²) in [5, 5.41) is 7.27. The van der Waals surface area contributed by atoms with E-state index in [1.165, 1.54) is 18.4 Å². The average molecular weight is 393 g/mol. The van der Waals surface area contributed by atoms with Crippen molar-refractivity contribution >= 4 is 46.6 Å². The molecule has 6 nitrogen and oxygen atoms in total. The summed E-state index contributed by atoms with van der Waals surface area (Å²) in [5.74, 6) is -0.384. The fourth-order valence-electron chi connectivity index (χ4n) is 2.21. The zero-order valence-electron chi connectivity index (χ0n) is 14.5. The summed E-state index contributed by atoms with van der Waals surface area (Å²) < 4.78 is 4.75. The van der Waals surface area contributed by atoms with Crippen LogP contribution in [0.5, 0.6) is 0 Å². The highest BCUT2D eigenvalue weighted by molar-refractivity contribution is 7.98. The van der Waals surface area contributed by atoms with Gasteiger partial charge in [-0.25, -0.2) is 4.79 Å². The van der Waals surface area contributed by atoms with Gasteiger partial charge in [0.05, 0.1) is 12.0 Å². The van der Waals surface area contributed by atoms with Crippen molar-refractivity contribution in [1.29, 1.82) is 0 Å². The van der Waals surface area contributed by atoms with Crippen LogP contribution in [0.1, 0.15) is 26.5 Å². The molecule has 26 heavy (non-hydrogen) atoms. The molecule has 0 fully saturated rings. The summed E-state index contributed by atoms with van der Waals surface area (Å²) >= 11 is 2.92. The molecule has 1 heterocycles. The van der Waals surface area contributed by atoms with Crippen LogP contribution in [0.4, 0.5) is 5.69 Å². The van der Waals surface area contributed by atoms with Crippen LogP contribution in [0.2, 0.25) is 0 Å². The molecule has 0 radical (unpaired) electrons. The highest BCUT2D eigenvalue weighted by Crippen LogP contribution is 2.15. The summed E-state index contributed by atoms with van der Waals surface area (Å²) in [4.78, 5) is 37.0. The number of esters is 1. The SMILES string of the molecule is COC(=O)[C@@H](CCSC)NC(=O)c1cccc(NC(=O)c2cccs2)c1.